The van der Waals surface area contributed by atoms with Gasteiger partial charge in [-0.05, 0) is 36.2 Å². The van der Waals surface area contributed by atoms with Crippen molar-refractivity contribution in [2.75, 3.05) is 20.2 Å². The first-order chi connectivity index (χ1) is 11.7. The molecule has 0 spiro atoms. The van der Waals surface area contributed by atoms with E-state index in [4.69, 9.17) is 4.74 Å². The van der Waals surface area contributed by atoms with Crippen LogP contribution >= 0.6 is 0 Å². The van der Waals surface area contributed by atoms with Gasteiger partial charge in [-0.2, -0.15) is 0 Å². The maximum Gasteiger partial charge on any atom is 0.337 e. The molecule has 1 heterocycles. The minimum atomic E-state index is -0.435. The topological polar surface area (TPSA) is 49.8 Å². The number of hydrogen-bond donors (Lipinski definition) is 1. The number of likely N-dealkylation sites (tertiary alicyclic amines) is 1. The molecular formula is C20H23NO3. The third-order valence-electron chi connectivity index (χ3n) is 4.65. The lowest BCUT2D eigenvalue weighted by molar-refractivity contribution is 0.0474. The smallest absolute Gasteiger partial charge is 0.337 e. The van der Waals surface area contributed by atoms with Gasteiger partial charge in [0, 0.05) is 19.0 Å². The van der Waals surface area contributed by atoms with Crippen LogP contribution in [0, 0.1) is 0 Å². The van der Waals surface area contributed by atoms with E-state index < -0.39 is 6.10 Å². The summed E-state index contributed by atoms with van der Waals surface area (Å²) in [6.07, 6.45) is 0.439. The number of β-amino-alcohol motifs (C(OH)–C–C–N with tert-alkyl or cyclic N) is 1. The molecule has 1 aliphatic heterocycles. The van der Waals surface area contributed by atoms with Gasteiger partial charge < -0.3 is 9.84 Å². The number of esters is 1. The van der Waals surface area contributed by atoms with E-state index in [0.717, 1.165) is 25.1 Å². The summed E-state index contributed by atoms with van der Waals surface area (Å²) in [5, 5.41) is 10.6. The predicted molar refractivity (Wildman–Crippen MR) is 92.9 cm³/mol. The number of carbonyl (C=O) groups excluding carboxylic acids is 1. The van der Waals surface area contributed by atoms with Crippen LogP contribution < -0.4 is 0 Å². The van der Waals surface area contributed by atoms with Crippen molar-refractivity contribution < 1.29 is 14.6 Å². The van der Waals surface area contributed by atoms with Crippen molar-refractivity contribution in [1.82, 2.24) is 4.90 Å². The average molecular weight is 325 g/mol. The minimum absolute atomic E-state index is 0.0571. The van der Waals surface area contributed by atoms with Crippen molar-refractivity contribution in [2.45, 2.75) is 25.0 Å². The Hall–Kier alpha value is -2.17. The molecule has 0 saturated carbocycles. The number of ether oxygens (including phenoxy) is 1. The van der Waals surface area contributed by atoms with Crippen LogP contribution in [0.5, 0.6) is 0 Å². The van der Waals surface area contributed by atoms with E-state index in [1.807, 2.05) is 36.4 Å². The highest BCUT2D eigenvalue weighted by molar-refractivity contribution is 5.89. The van der Waals surface area contributed by atoms with Crippen LogP contribution in [-0.4, -0.2) is 42.3 Å². The van der Waals surface area contributed by atoms with Gasteiger partial charge >= 0.3 is 5.97 Å². The van der Waals surface area contributed by atoms with Gasteiger partial charge in [-0.25, -0.2) is 4.79 Å². The second kappa shape index (κ2) is 7.60. The minimum Gasteiger partial charge on any atom is -0.465 e. The van der Waals surface area contributed by atoms with E-state index in [2.05, 4.69) is 17.0 Å². The van der Waals surface area contributed by atoms with Crippen molar-refractivity contribution in [3.05, 3.63) is 71.3 Å². The fourth-order valence-electron chi connectivity index (χ4n) is 3.39. The van der Waals surface area contributed by atoms with E-state index in [0.29, 0.717) is 12.1 Å². The van der Waals surface area contributed by atoms with Crippen molar-refractivity contribution in [3.8, 4) is 0 Å². The first-order valence-electron chi connectivity index (χ1n) is 8.30. The Morgan fingerprint density at radius 1 is 1.21 bits per heavy atom. The largest absolute Gasteiger partial charge is 0.465 e. The molecule has 1 fully saturated rings. The standard InChI is InChI=1S/C20H23NO3/c1-24-20(23)17-9-5-8-16(12-17)18-10-11-21(14-19(18)22)13-15-6-3-2-4-7-15/h2-9,12,18-19,22H,10-11,13-14H2,1H3. The average Bonchev–Trinajstić information content (AvgIpc) is 2.62. The molecule has 2 unspecified atom stereocenters. The summed E-state index contributed by atoms with van der Waals surface area (Å²) in [5.41, 5.74) is 2.80. The molecule has 0 radical (unpaired) electrons. The maximum absolute atomic E-state index is 11.7. The summed E-state index contributed by atoms with van der Waals surface area (Å²) in [6.45, 7) is 2.42. The van der Waals surface area contributed by atoms with Crippen molar-refractivity contribution in [1.29, 1.82) is 0 Å². The van der Waals surface area contributed by atoms with Crippen molar-refractivity contribution in [2.24, 2.45) is 0 Å². The second-order valence-electron chi connectivity index (χ2n) is 6.30. The number of aliphatic hydroxyl groups is 1. The highest BCUT2D eigenvalue weighted by atomic mass is 16.5. The van der Waals surface area contributed by atoms with Crippen LogP contribution in [0.25, 0.3) is 0 Å². The first-order valence-corrected chi connectivity index (χ1v) is 8.30. The summed E-state index contributed by atoms with van der Waals surface area (Å²) >= 11 is 0. The summed E-state index contributed by atoms with van der Waals surface area (Å²) in [5.74, 6) is -0.283. The summed E-state index contributed by atoms with van der Waals surface area (Å²) < 4.78 is 4.78. The molecule has 24 heavy (non-hydrogen) atoms. The van der Waals surface area contributed by atoms with Crippen molar-refractivity contribution in [3.63, 3.8) is 0 Å². The Bertz CT molecular complexity index is 686. The molecule has 0 aromatic heterocycles. The third-order valence-corrected chi connectivity index (χ3v) is 4.65. The SMILES string of the molecule is COC(=O)c1cccc(C2CCN(Cc3ccccc3)CC2O)c1. The number of methoxy groups -OCH3 is 1. The summed E-state index contributed by atoms with van der Waals surface area (Å²) in [4.78, 5) is 14.0. The zero-order valence-electron chi connectivity index (χ0n) is 13.9. The molecule has 0 amide bonds. The van der Waals surface area contributed by atoms with Gasteiger partial charge in [0.05, 0.1) is 18.8 Å². The first kappa shape index (κ1) is 16.7. The predicted octanol–water partition coefficient (Wildman–Crippen LogP) is 2.82. The number of rotatable bonds is 4. The monoisotopic (exact) mass is 325 g/mol. The molecule has 126 valence electrons. The molecule has 0 aliphatic carbocycles. The van der Waals surface area contributed by atoms with Gasteiger partial charge in [0.1, 0.15) is 0 Å². The molecule has 1 N–H and O–H groups in total. The lowest BCUT2D eigenvalue weighted by atomic mass is 9.86. The van der Waals surface area contributed by atoms with Crippen LogP contribution in [0.15, 0.2) is 54.6 Å². The molecule has 2 aromatic carbocycles. The molecule has 2 aromatic rings. The molecule has 2 atom stereocenters. The Balaban J connectivity index is 1.66. The number of carbonyl (C=O) groups is 1. The number of hydrogen-bond acceptors (Lipinski definition) is 4. The third kappa shape index (κ3) is 3.83. The van der Waals surface area contributed by atoms with E-state index in [1.54, 1.807) is 6.07 Å². The molecule has 3 rings (SSSR count). The zero-order valence-corrected chi connectivity index (χ0v) is 13.9. The van der Waals surface area contributed by atoms with Gasteiger partial charge in [0.2, 0.25) is 0 Å². The Morgan fingerprint density at radius 2 is 2.00 bits per heavy atom. The number of aliphatic hydroxyl groups excluding tert-OH is 1. The Labute approximate surface area is 142 Å². The van der Waals surface area contributed by atoms with Gasteiger partial charge in [-0.15, -0.1) is 0 Å². The fourth-order valence-corrected chi connectivity index (χ4v) is 3.39. The van der Waals surface area contributed by atoms with E-state index in [-0.39, 0.29) is 11.9 Å². The van der Waals surface area contributed by atoms with Crippen LogP contribution in [-0.2, 0) is 11.3 Å². The molecular weight excluding hydrogens is 302 g/mol. The molecule has 1 saturated heterocycles. The molecule has 4 nitrogen and oxygen atoms in total. The van der Waals surface area contributed by atoms with Gasteiger partial charge in [-0.1, -0.05) is 42.5 Å². The van der Waals surface area contributed by atoms with Gasteiger partial charge in [0.25, 0.3) is 0 Å². The van der Waals surface area contributed by atoms with Gasteiger partial charge in [0.15, 0.2) is 0 Å². The normalized spacial score (nSPS) is 21.4. The second-order valence-corrected chi connectivity index (χ2v) is 6.30. The Kier molecular flexibility index (Phi) is 5.28. The van der Waals surface area contributed by atoms with Crippen LogP contribution in [0.3, 0.4) is 0 Å². The maximum atomic E-state index is 11.7. The van der Waals surface area contributed by atoms with E-state index >= 15 is 0 Å². The van der Waals surface area contributed by atoms with Crippen LogP contribution in [0.4, 0.5) is 0 Å². The highest BCUT2D eigenvalue weighted by Gasteiger charge is 2.29. The summed E-state index contributed by atoms with van der Waals surface area (Å²) in [7, 11) is 1.38. The quantitative estimate of drug-likeness (QED) is 0.878. The fraction of sp³-hybridized carbons (Fsp3) is 0.350. The molecule has 4 heteroatoms. The number of piperidine rings is 1. The number of benzene rings is 2. The van der Waals surface area contributed by atoms with Crippen LogP contribution in [0.2, 0.25) is 0 Å². The van der Waals surface area contributed by atoms with Crippen LogP contribution in [0.1, 0.15) is 33.8 Å². The summed E-state index contributed by atoms with van der Waals surface area (Å²) in [6, 6.07) is 17.7. The van der Waals surface area contributed by atoms with Crippen molar-refractivity contribution >= 4 is 5.97 Å². The molecule has 1 aliphatic rings. The lowest BCUT2D eigenvalue weighted by Gasteiger charge is -2.36. The lowest BCUT2D eigenvalue weighted by Crippen LogP contribution is -2.42. The zero-order chi connectivity index (χ0) is 16.9. The Morgan fingerprint density at radius 3 is 2.71 bits per heavy atom. The highest BCUT2D eigenvalue weighted by Crippen LogP contribution is 2.29. The number of nitrogens with zero attached hydrogens (tertiary/aromatic N) is 1. The molecule has 0 bridgehead atoms. The van der Waals surface area contributed by atoms with Gasteiger partial charge in [-0.3, -0.25) is 4.90 Å². The van der Waals surface area contributed by atoms with E-state index in [9.17, 15) is 9.90 Å². The van der Waals surface area contributed by atoms with E-state index in [1.165, 1.54) is 12.7 Å².